The zero-order valence-corrected chi connectivity index (χ0v) is 11.8. The lowest BCUT2D eigenvalue weighted by Crippen LogP contribution is -2.28. The Labute approximate surface area is 125 Å². The Hall–Kier alpha value is -2.50. The van der Waals surface area contributed by atoms with E-state index in [2.05, 4.69) is 5.32 Å². The molecule has 0 atom stereocenters. The van der Waals surface area contributed by atoms with Crippen LogP contribution in [0.1, 0.15) is 15.9 Å². The van der Waals surface area contributed by atoms with Gasteiger partial charge in [-0.1, -0.05) is 6.07 Å². The lowest BCUT2D eigenvalue weighted by molar-refractivity contribution is 0.0946. The van der Waals surface area contributed by atoms with Crippen LogP contribution in [0.3, 0.4) is 0 Å². The Morgan fingerprint density at radius 1 is 1.05 bits per heavy atom. The summed E-state index contributed by atoms with van der Waals surface area (Å²) in [5.41, 5.74) is 0.661. The molecule has 1 N–H and O–H groups in total. The van der Waals surface area contributed by atoms with Gasteiger partial charge in [-0.05, 0) is 36.8 Å². The molecule has 0 aliphatic carbocycles. The fourth-order valence-corrected chi connectivity index (χ4v) is 1.74. The van der Waals surface area contributed by atoms with E-state index in [1.165, 1.54) is 18.2 Å². The van der Waals surface area contributed by atoms with Gasteiger partial charge in [0, 0.05) is 11.6 Å². The Kier molecular flexibility index (Phi) is 5.04. The normalized spacial score (nSPS) is 10.4. The van der Waals surface area contributed by atoms with Gasteiger partial charge < -0.3 is 10.1 Å². The maximum atomic E-state index is 13.3. The molecule has 2 aromatic rings. The van der Waals surface area contributed by atoms with E-state index in [-0.39, 0.29) is 24.5 Å². The molecule has 0 aromatic heterocycles. The van der Waals surface area contributed by atoms with E-state index in [4.69, 9.17) is 4.74 Å². The van der Waals surface area contributed by atoms with E-state index in [1.807, 2.05) is 0 Å². The number of nitrogens with one attached hydrogen (secondary N) is 1. The van der Waals surface area contributed by atoms with Crippen LogP contribution in [0.25, 0.3) is 0 Å². The molecule has 3 nitrogen and oxygen atoms in total. The molecule has 0 aliphatic rings. The van der Waals surface area contributed by atoms with Gasteiger partial charge >= 0.3 is 0 Å². The Morgan fingerprint density at radius 3 is 2.50 bits per heavy atom. The first-order valence-corrected chi connectivity index (χ1v) is 6.59. The van der Waals surface area contributed by atoms with Crippen molar-refractivity contribution in [2.75, 3.05) is 13.2 Å². The summed E-state index contributed by atoms with van der Waals surface area (Å²) in [6.45, 7) is 1.82. The van der Waals surface area contributed by atoms with Crippen LogP contribution < -0.4 is 10.1 Å². The molecule has 2 rings (SSSR count). The number of hydrogen-bond donors (Lipinski definition) is 1. The molecule has 0 bridgehead atoms. The first-order chi connectivity index (χ1) is 10.5. The van der Waals surface area contributed by atoms with Crippen LogP contribution in [-0.2, 0) is 0 Å². The number of benzene rings is 2. The van der Waals surface area contributed by atoms with Gasteiger partial charge in [-0.25, -0.2) is 13.2 Å². The average molecular weight is 309 g/mol. The fraction of sp³-hybridized carbons (Fsp3) is 0.188. The van der Waals surface area contributed by atoms with Crippen molar-refractivity contribution >= 4 is 5.91 Å². The van der Waals surface area contributed by atoms with Crippen molar-refractivity contribution < 1.29 is 22.7 Å². The van der Waals surface area contributed by atoms with Crippen LogP contribution in [-0.4, -0.2) is 19.1 Å². The van der Waals surface area contributed by atoms with Crippen LogP contribution in [0.4, 0.5) is 13.2 Å². The van der Waals surface area contributed by atoms with E-state index >= 15 is 0 Å². The standard InChI is InChI=1S/C16H14F3NO2/c1-10-2-3-11(8-14(10)18)16(21)20-6-7-22-12-4-5-13(17)15(19)9-12/h2-5,8-9H,6-7H2,1H3,(H,20,21). The summed E-state index contributed by atoms with van der Waals surface area (Å²) in [7, 11) is 0. The highest BCUT2D eigenvalue weighted by atomic mass is 19.2. The van der Waals surface area contributed by atoms with Crippen molar-refractivity contribution in [1.29, 1.82) is 0 Å². The van der Waals surface area contributed by atoms with Crippen molar-refractivity contribution in [3.63, 3.8) is 0 Å². The molecule has 0 unspecified atom stereocenters. The number of ether oxygens (including phenoxy) is 1. The molecule has 6 heteroatoms. The van der Waals surface area contributed by atoms with Crippen LogP contribution in [0, 0.1) is 24.4 Å². The van der Waals surface area contributed by atoms with Crippen molar-refractivity contribution in [1.82, 2.24) is 5.32 Å². The summed E-state index contributed by atoms with van der Waals surface area (Å²) in [6, 6.07) is 7.35. The van der Waals surface area contributed by atoms with Gasteiger partial charge in [-0.15, -0.1) is 0 Å². The topological polar surface area (TPSA) is 38.3 Å². The molecule has 116 valence electrons. The van der Waals surface area contributed by atoms with E-state index in [0.717, 1.165) is 18.2 Å². The number of hydrogen-bond acceptors (Lipinski definition) is 2. The minimum Gasteiger partial charge on any atom is -0.492 e. The molecule has 0 fully saturated rings. The first-order valence-electron chi connectivity index (χ1n) is 6.59. The monoisotopic (exact) mass is 309 g/mol. The molecule has 0 spiro atoms. The van der Waals surface area contributed by atoms with Gasteiger partial charge in [0.05, 0.1) is 6.54 Å². The molecule has 0 heterocycles. The highest BCUT2D eigenvalue weighted by molar-refractivity contribution is 5.94. The number of aryl methyl sites for hydroxylation is 1. The molecule has 0 radical (unpaired) electrons. The maximum absolute atomic E-state index is 13.3. The van der Waals surface area contributed by atoms with Crippen LogP contribution >= 0.6 is 0 Å². The minimum atomic E-state index is -1.00. The van der Waals surface area contributed by atoms with E-state index in [9.17, 15) is 18.0 Å². The summed E-state index contributed by atoms with van der Waals surface area (Å²) in [5, 5.41) is 2.54. The molecule has 2 aromatic carbocycles. The lowest BCUT2D eigenvalue weighted by Gasteiger charge is -2.08. The summed E-state index contributed by atoms with van der Waals surface area (Å²) in [6.07, 6.45) is 0. The second kappa shape index (κ2) is 6.98. The molecule has 22 heavy (non-hydrogen) atoms. The zero-order chi connectivity index (χ0) is 16.1. The predicted molar refractivity (Wildman–Crippen MR) is 75.3 cm³/mol. The third-order valence-electron chi connectivity index (χ3n) is 2.98. The second-order valence-corrected chi connectivity index (χ2v) is 4.64. The van der Waals surface area contributed by atoms with Crippen molar-refractivity contribution in [3.8, 4) is 5.75 Å². The number of amides is 1. The molecule has 0 saturated heterocycles. The lowest BCUT2D eigenvalue weighted by atomic mass is 10.1. The SMILES string of the molecule is Cc1ccc(C(=O)NCCOc2ccc(F)c(F)c2)cc1F. The largest absolute Gasteiger partial charge is 0.492 e. The quantitative estimate of drug-likeness (QED) is 0.861. The fourth-order valence-electron chi connectivity index (χ4n) is 1.74. The van der Waals surface area contributed by atoms with E-state index in [1.54, 1.807) is 6.92 Å². The van der Waals surface area contributed by atoms with E-state index < -0.39 is 23.4 Å². The highest BCUT2D eigenvalue weighted by Gasteiger charge is 2.08. The van der Waals surface area contributed by atoms with Gasteiger partial charge in [0.1, 0.15) is 18.2 Å². The van der Waals surface area contributed by atoms with Gasteiger partial charge in [0.15, 0.2) is 11.6 Å². The smallest absolute Gasteiger partial charge is 0.251 e. The van der Waals surface area contributed by atoms with Gasteiger partial charge in [-0.3, -0.25) is 4.79 Å². The number of halogens is 3. The molecular weight excluding hydrogens is 295 g/mol. The minimum absolute atomic E-state index is 0.0746. The highest BCUT2D eigenvalue weighted by Crippen LogP contribution is 2.15. The zero-order valence-electron chi connectivity index (χ0n) is 11.8. The summed E-state index contributed by atoms with van der Waals surface area (Å²) in [5.74, 6) is -2.69. The van der Waals surface area contributed by atoms with Crippen molar-refractivity contribution in [3.05, 3.63) is 65.0 Å². The Balaban J connectivity index is 1.81. The number of carbonyl (C=O) groups is 1. The van der Waals surface area contributed by atoms with Gasteiger partial charge in [0.25, 0.3) is 5.91 Å². The van der Waals surface area contributed by atoms with Gasteiger partial charge in [-0.2, -0.15) is 0 Å². The number of carbonyl (C=O) groups excluding carboxylic acids is 1. The number of rotatable bonds is 5. The third kappa shape index (κ3) is 4.00. The van der Waals surface area contributed by atoms with Crippen LogP contribution in [0.2, 0.25) is 0 Å². The Morgan fingerprint density at radius 2 is 1.82 bits per heavy atom. The van der Waals surface area contributed by atoms with Crippen LogP contribution in [0.15, 0.2) is 36.4 Å². The molecule has 1 amide bonds. The predicted octanol–water partition coefficient (Wildman–Crippen LogP) is 3.22. The maximum Gasteiger partial charge on any atom is 0.251 e. The molecule has 0 aliphatic heterocycles. The summed E-state index contributed by atoms with van der Waals surface area (Å²) >= 11 is 0. The summed E-state index contributed by atoms with van der Waals surface area (Å²) < 4.78 is 44.2. The van der Waals surface area contributed by atoms with Gasteiger partial charge in [0.2, 0.25) is 0 Å². The van der Waals surface area contributed by atoms with Crippen LogP contribution in [0.5, 0.6) is 5.75 Å². The first kappa shape index (κ1) is 15.9. The van der Waals surface area contributed by atoms with Crippen molar-refractivity contribution in [2.45, 2.75) is 6.92 Å². The average Bonchev–Trinajstić information content (AvgIpc) is 2.49. The summed E-state index contributed by atoms with van der Waals surface area (Å²) in [4.78, 5) is 11.8. The molecular formula is C16H14F3NO2. The Bertz CT molecular complexity index is 689. The van der Waals surface area contributed by atoms with E-state index in [0.29, 0.717) is 5.56 Å². The van der Waals surface area contributed by atoms with Crippen molar-refractivity contribution in [2.24, 2.45) is 0 Å². The molecule has 0 saturated carbocycles. The second-order valence-electron chi connectivity index (χ2n) is 4.64. The third-order valence-corrected chi connectivity index (χ3v) is 2.98.